The number of phenolic OH excluding ortho intramolecular Hbond substituents is 1. The Kier molecular flexibility index (Phi) is 7.84. The minimum absolute atomic E-state index is 0.181. The smallest absolute Gasteiger partial charge is 0.317 e. The first-order valence-electron chi connectivity index (χ1n) is 15.2. The Bertz CT molecular complexity index is 1290. The second-order valence-electron chi connectivity index (χ2n) is 12.4. The standard InChI is InChI=1S/C35H42N2O3/c38-30-13-15-32-28(24-30)10-14-31(26-6-2-1-3-7-26)34(32)27-8-11-29(12-9-27)37-20-4-16-35(17-5-21-37)18-22-36(23-19-35)25-33(39)40/h1-3,6-9,11-13,15,24,31,34,38H,4-5,10,14,16-23,25H2,(H,39,40)/t31-,34+/m1/s1. The summed E-state index contributed by atoms with van der Waals surface area (Å²) in [6.45, 7) is 4.19. The molecule has 0 amide bonds. The number of carboxylic acid groups (broad SMARTS) is 1. The Balaban J connectivity index is 1.16. The minimum atomic E-state index is -0.710. The molecule has 0 bridgehead atoms. The van der Waals surface area contributed by atoms with Crippen molar-refractivity contribution in [3.8, 4) is 5.75 Å². The fourth-order valence-electron chi connectivity index (χ4n) is 7.83. The molecule has 40 heavy (non-hydrogen) atoms. The number of rotatable bonds is 5. The van der Waals surface area contributed by atoms with E-state index in [2.05, 4.69) is 70.5 Å². The lowest BCUT2D eigenvalue weighted by Crippen LogP contribution is -2.43. The second kappa shape index (κ2) is 11.7. The van der Waals surface area contributed by atoms with Crippen molar-refractivity contribution in [2.24, 2.45) is 5.41 Å². The summed E-state index contributed by atoms with van der Waals surface area (Å²) in [4.78, 5) is 15.8. The van der Waals surface area contributed by atoms with E-state index >= 15 is 0 Å². The van der Waals surface area contributed by atoms with Gasteiger partial charge in [0.25, 0.3) is 0 Å². The third-order valence-electron chi connectivity index (χ3n) is 9.98. The lowest BCUT2D eigenvalue weighted by Gasteiger charge is -2.44. The van der Waals surface area contributed by atoms with Gasteiger partial charge in [0.1, 0.15) is 5.75 Å². The van der Waals surface area contributed by atoms with Gasteiger partial charge in [0, 0.05) is 24.7 Å². The molecule has 0 radical (unpaired) electrons. The van der Waals surface area contributed by atoms with Crippen molar-refractivity contribution < 1.29 is 15.0 Å². The van der Waals surface area contributed by atoms with E-state index in [1.54, 1.807) is 0 Å². The maximum absolute atomic E-state index is 11.1. The Labute approximate surface area is 238 Å². The third-order valence-corrected chi connectivity index (χ3v) is 9.98. The van der Waals surface area contributed by atoms with Crippen molar-refractivity contribution >= 4 is 11.7 Å². The number of hydrogen-bond donors (Lipinski definition) is 2. The quantitative estimate of drug-likeness (QED) is 0.374. The van der Waals surface area contributed by atoms with Gasteiger partial charge in [0.15, 0.2) is 0 Å². The van der Waals surface area contributed by atoms with Crippen LogP contribution >= 0.6 is 0 Å². The summed E-state index contributed by atoms with van der Waals surface area (Å²) in [5, 5.41) is 19.3. The average Bonchev–Trinajstić information content (AvgIpc) is 2.96. The fourth-order valence-corrected chi connectivity index (χ4v) is 7.83. The van der Waals surface area contributed by atoms with E-state index in [9.17, 15) is 9.90 Å². The van der Waals surface area contributed by atoms with Gasteiger partial charge in [0.2, 0.25) is 0 Å². The molecule has 5 nitrogen and oxygen atoms in total. The summed E-state index contributed by atoms with van der Waals surface area (Å²) in [6.07, 6.45) is 9.21. The summed E-state index contributed by atoms with van der Waals surface area (Å²) in [5.74, 6) is 0.345. The van der Waals surface area contributed by atoms with E-state index in [-0.39, 0.29) is 12.5 Å². The second-order valence-corrected chi connectivity index (χ2v) is 12.4. The van der Waals surface area contributed by atoms with Crippen LogP contribution in [0.3, 0.4) is 0 Å². The molecule has 2 saturated heterocycles. The topological polar surface area (TPSA) is 64.0 Å². The van der Waals surface area contributed by atoms with Gasteiger partial charge in [-0.15, -0.1) is 0 Å². The van der Waals surface area contributed by atoms with Gasteiger partial charge < -0.3 is 15.1 Å². The van der Waals surface area contributed by atoms with E-state index in [1.807, 2.05) is 12.1 Å². The van der Waals surface area contributed by atoms with Crippen molar-refractivity contribution in [1.29, 1.82) is 0 Å². The SMILES string of the molecule is O=C(O)CN1CCC2(CCCN(c3ccc([C@@H]4c5ccc(O)cc5CC[C@@H]4c4ccccc4)cc3)CCC2)CC1. The monoisotopic (exact) mass is 538 g/mol. The van der Waals surface area contributed by atoms with E-state index < -0.39 is 5.97 Å². The number of fused-ring (bicyclic) bond motifs is 1. The molecule has 210 valence electrons. The summed E-state index contributed by atoms with van der Waals surface area (Å²) in [6, 6.07) is 26.2. The normalized spacial score (nSPS) is 23.2. The fraction of sp³-hybridized carbons (Fsp3) is 0.457. The van der Waals surface area contributed by atoms with Gasteiger partial charge in [-0.05, 0) is 122 Å². The van der Waals surface area contributed by atoms with E-state index in [0.717, 1.165) is 51.9 Å². The number of hydrogen-bond acceptors (Lipinski definition) is 4. The highest BCUT2D eigenvalue weighted by atomic mass is 16.4. The maximum Gasteiger partial charge on any atom is 0.317 e. The zero-order valence-corrected chi connectivity index (χ0v) is 23.5. The van der Waals surface area contributed by atoms with Gasteiger partial charge in [-0.2, -0.15) is 0 Å². The Morgan fingerprint density at radius 2 is 1.52 bits per heavy atom. The summed E-state index contributed by atoms with van der Waals surface area (Å²) >= 11 is 0. The van der Waals surface area contributed by atoms with Gasteiger partial charge in [-0.1, -0.05) is 48.5 Å². The average molecular weight is 539 g/mol. The predicted octanol–water partition coefficient (Wildman–Crippen LogP) is 6.80. The van der Waals surface area contributed by atoms with Gasteiger partial charge in [-0.25, -0.2) is 0 Å². The van der Waals surface area contributed by atoms with Crippen molar-refractivity contribution in [2.75, 3.05) is 37.6 Å². The van der Waals surface area contributed by atoms with Crippen LogP contribution in [-0.4, -0.2) is 53.8 Å². The zero-order chi connectivity index (χ0) is 27.5. The molecule has 3 aromatic rings. The third kappa shape index (κ3) is 5.76. The largest absolute Gasteiger partial charge is 0.508 e. The lowest BCUT2D eigenvalue weighted by atomic mass is 9.69. The summed E-state index contributed by atoms with van der Waals surface area (Å²) in [5.41, 5.74) is 7.07. The molecule has 0 aromatic heterocycles. The van der Waals surface area contributed by atoms with Crippen LogP contribution < -0.4 is 4.90 Å². The molecule has 1 spiro atoms. The van der Waals surface area contributed by atoms with Crippen molar-refractivity contribution in [3.63, 3.8) is 0 Å². The number of nitrogens with zero attached hydrogens (tertiary/aromatic N) is 2. The Morgan fingerprint density at radius 3 is 2.20 bits per heavy atom. The van der Waals surface area contributed by atoms with Crippen LogP contribution in [0, 0.1) is 5.41 Å². The van der Waals surface area contributed by atoms with Crippen LogP contribution in [-0.2, 0) is 11.2 Å². The van der Waals surface area contributed by atoms with E-state index in [0.29, 0.717) is 17.1 Å². The summed E-state index contributed by atoms with van der Waals surface area (Å²) < 4.78 is 0. The number of carbonyl (C=O) groups is 1. The molecule has 0 unspecified atom stereocenters. The molecule has 2 atom stereocenters. The molecule has 2 fully saturated rings. The number of aryl methyl sites for hydroxylation is 1. The number of benzene rings is 3. The number of anilines is 1. The summed E-state index contributed by atoms with van der Waals surface area (Å²) in [7, 11) is 0. The molecule has 3 aromatic carbocycles. The van der Waals surface area contributed by atoms with Crippen molar-refractivity contribution in [2.45, 2.75) is 63.2 Å². The van der Waals surface area contributed by atoms with Crippen molar-refractivity contribution in [1.82, 2.24) is 4.90 Å². The number of carboxylic acids is 1. The van der Waals surface area contributed by atoms with Crippen LogP contribution in [0.5, 0.6) is 5.75 Å². The molecular formula is C35H42N2O3. The van der Waals surface area contributed by atoms with Crippen LogP contribution in [0.2, 0.25) is 0 Å². The minimum Gasteiger partial charge on any atom is -0.508 e. The molecule has 2 N–H and O–H groups in total. The predicted molar refractivity (Wildman–Crippen MR) is 160 cm³/mol. The molecule has 6 rings (SSSR count). The first-order valence-corrected chi connectivity index (χ1v) is 15.2. The van der Waals surface area contributed by atoms with Gasteiger partial charge >= 0.3 is 5.97 Å². The Hall–Kier alpha value is -3.31. The van der Waals surface area contributed by atoms with Crippen molar-refractivity contribution in [3.05, 3.63) is 95.1 Å². The van der Waals surface area contributed by atoms with E-state index in [4.69, 9.17) is 5.11 Å². The Morgan fingerprint density at radius 1 is 0.825 bits per heavy atom. The van der Waals surface area contributed by atoms with Crippen LogP contribution in [0.25, 0.3) is 0 Å². The molecular weight excluding hydrogens is 496 g/mol. The highest BCUT2D eigenvalue weighted by Gasteiger charge is 2.36. The van der Waals surface area contributed by atoms with Crippen LogP contribution in [0.15, 0.2) is 72.8 Å². The lowest BCUT2D eigenvalue weighted by molar-refractivity contribution is -0.139. The van der Waals surface area contributed by atoms with Crippen LogP contribution in [0.4, 0.5) is 5.69 Å². The zero-order valence-electron chi connectivity index (χ0n) is 23.5. The maximum atomic E-state index is 11.1. The highest BCUT2D eigenvalue weighted by Crippen LogP contribution is 2.47. The molecule has 2 heterocycles. The molecule has 5 heteroatoms. The highest BCUT2D eigenvalue weighted by molar-refractivity contribution is 5.69. The number of aromatic hydroxyl groups is 1. The molecule has 2 aliphatic heterocycles. The number of aliphatic carboxylic acids is 1. The molecule has 1 aliphatic carbocycles. The first kappa shape index (κ1) is 26.9. The number of phenols is 1. The number of likely N-dealkylation sites (tertiary alicyclic amines) is 1. The number of piperidine rings is 1. The van der Waals surface area contributed by atoms with Gasteiger partial charge in [0.05, 0.1) is 6.54 Å². The van der Waals surface area contributed by atoms with Crippen LogP contribution in [0.1, 0.15) is 79.0 Å². The first-order chi connectivity index (χ1) is 19.5. The molecule has 0 saturated carbocycles. The van der Waals surface area contributed by atoms with Gasteiger partial charge in [-0.3, -0.25) is 9.69 Å². The van der Waals surface area contributed by atoms with E-state index in [1.165, 1.54) is 53.6 Å². The molecule has 3 aliphatic rings.